The van der Waals surface area contributed by atoms with Gasteiger partial charge in [-0.25, -0.2) is 13.2 Å². The van der Waals surface area contributed by atoms with Crippen LogP contribution in [0.1, 0.15) is 20.7 Å². The number of hydrogen-bond acceptors (Lipinski definition) is 5. The van der Waals surface area contributed by atoms with E-state index in [1.807, 2.05) is 0 Å². The van der Waals surface area contributed by atoms with Crippen molar-refractivity contribution in [1.29, 1.82) is 0 Å². The van der Waals surface area contributed by atoms with Crippen molar-refractivity contribution >= 4 is 39.2 Å². The average Bonchev–Trinajstić information content (AvgIpc) is 2.54. The third-order valence-electron chi connectivity index (χ3n) is 3.21. The van der Waals surface area contributed by atoms with E-state index in [0.29, 0.717) is 0 Å². The van der Waals surface area contributed by atoms with Gasteiger partial charge in [-0.05, 0) is 36.4 Å². The molecule has 0 radical (unpaired) electrons. The van der Waals surface area contributed by atoms with Gasteiger partial charge in [0, 0.05) is 5.56 Å². The molecule has 132 valence electrons. The summed E-state index contributed by atoms with van der Waals surface area (Å²) in [6, 6.07) is 7.22. The number of carboxylic acid groups (broad SMARTS) is 1. The molecule has 0 aliphatic rings. The number of benzene rings is 2. The third-order valence-corrected chi connectivity index (χ3v) is 4.90. The van der Waals surface area contributed by atoms with Crippen molar-refractivity contribution in [3.63, 3.8) is 0 Å². The Labute approximate surface area is 148 Å². The Morgan fingerprint density at radius 3 is 2.44 bits per heavy atom. The van der Waals surface area contributed by atoms with Gasteiger partial charge in [-0.15, -0.1) is 0 Å². The standard InChI is InChI=1S/C15H13ClN2O6S/c1-24-13-5-2-8(14(17)19)6-12(13)18-25(22,23)9-3-4-11(16)10(7-9)15(20)21/h2-7,18H,1H3,(H2,17,19)(H,20,21). The fourth-order valence-electron chi connectivity index (χ4n) is 1.98. The van der Waals surface area contributed by atoms with Gasteiger partial charge in [0.1, 0.15) is 5.75 Å². The predicted molar refractivity (Wildman–Crippen MR) is 90.7 cm³/mol. The van der Waals surface area contributed by atoms with Gasteiger partial charge in [0.25, 0.3) is 10.0 Å². The van der Waals surface area contributed by atoms with Crippen LogP contribution in [0.25, 0.3) is 0 Å². The Bertz CT molecular complexity index is 958. The van der Waals surface area contributed by atoms with Gasteiger partial charge in [0.15, 0.2) is 0 Å². The van der Waals surface area contributed by atoms with Crippen molar-refractivity contribution in [1.82, 2.24) is 0 Å². The number of anilines is 1. The zero-order valence-electron chi connectivity index (χ0n) is 12.8. The second-order valence-electron chi connectivity index (χ2n) is 4.83. The minimum absolute atomic E-state index is 0.0226. The van der Waals surface area contributed by atoms with Crippen LogP contribution in [0.3, 0.4) is 0 Å². The maximum absolute atomic E-state index is 12.5. The number of carbonyl (C=O) groups excluding carboxylic acids is 1. The van der Waals surface area contributed by atoms with Crippen LogP contribution in [0.2, 0.25) is 5.02 Å². The summed E-state index contributed by atoms with van der Waals surface area (Å²) < 4.78 is 32.3. The van der Waals surface area contributed by atoms with Crippen LogP contribution in [-0.2, 0) is 10.0 Å². The molecule has 0 fully saturated rings. The molecule has 0 unspecified atom stereocenters. The lowest BCUT2D eigenvalue weighted by molar-refractivity contribution is 0.0696. The number of halogens is 1. The number of hydrogen-bond donors (Lipinski definition) is 3. The highest BCUT2D eigenvalue weighted by atomic mass is 35.5. The van der Waals surface area contributed by atoms with Crippen LogP contribution in [0.15, 0.2) is 41.3 Å². The quantitative estimate of drug-likeness (QED) is 0.696. The van der Waals surface area contributed by atoms with Crippen molar-refractivity contribution in [2.75, 3.05) is 11.8 Å². The monoisotopic (exact) mass is 384 g/mol. The van der Waals surface area contributed by atoms with E-state index < -0.39 is 21.9 Å². The zero-order valence-corrected chi connectivity index (χ0v) is 14.4. The van der Waals surface area contributed by atoms with Gasteiger partial charge in [0.2, 0.25) is 5.91 Å². The van der Waals surface area contributed by atoms with E-state index in [2.05, 4.69) is 4.72 Å². The van der Waals surface area contributed by atoms with Crippen LogP contribution >= 0.6 is 11.6 Å². The summed E-state index contributed by atoms with van der Waals surface area (Å²) in [4.78, 5) is 22.1. The average molecular weight is 385 g/mol. The first-order valence-electron chi connectivity index (χ1n) is 6.69. The molecule has 1 amide bonds. The Kier molecular flexibility index (Phi) is 5.19. The second-order valence-corrected chi connectivity index (χ2v) is 6.92. The molecular weight excluding hydrogens is 372 g/mol. The smallest absolute Gasteiger partial charge is 0.337 e. The molecule has 0 aliphatic carbocycles. The number of rotatable bonds is 6. The van der Waals surface area contributed by atoms with Crippen molar-refractivity contribution < 1.29 is 27.9 Å². The van der Waals surface area contributed by atoms with E-state index in [-0.39, 0.29) is 32.5 Å². The van der Waals surface area contributed by atoms with Gasteiger partial charge >= 0.3 is 5.97 Å². The van der Waals surface area contributed by atoms with Crippen LogP contribution in [-0.4, -0.2) is 32.5 Å². The Hall–Kier alpha value is -2.78. The molecule has 0 heterocycles. The number of carbonyl (C=O) groups is 2. The predicted octanol–water partition coefficient (Wildman–Crippen LogP) is 1.95. The van der Waals surface area contributed by atoms with E-state index in [1.165, 1.54) is 25.3 Å². The molecule has 2 aromatic carbocycles. The summed E-state index contributed by atoms with van der Waals surface area (Å²) in [5.41, 5.74) is 4.87. The number of ether oxygens (including phenoxy) is 1. The fourth-order valence-corrected chi connectivity index (χ4v) is 3.27. The maximum atomic E-state index is 12.5. The van der Waals surface area contributed by atoms with E-state index in [9.17, 15) is 18.0 Å². The van der Waals surface area contributed by atoms with E-state index in [1.54, 1.807) is 0 Å². The van der Waals surface area contributed by atoms with Gasteiger partial charge < -0.3 is 15.6 Å². The first-order chi connectivity index (χ1) is 11.7. The molecule has 8 nitrogen and oxygen atoms in total. The lowest BCUT2D eigenvalue weighted by atomic mass is 10.2. The summed E-state index contributed by atoms with van der Waals surface area (Å²) >= 11 is 5.74. The summed E-state index contributed by atoms with van der Waals surface area (Å²) in [6.45, 7) is 0. The van der Waals surface area contributed by atoms with Gasteiger partial charge in [-0.1, -0.05) is 11.6 Å². The largest absolute Gasteiger partial charge is 0.495 e. The normalized spacial score (nSPS) is 11.0. The highest BCUT2D eigenvalue weighted by molar-refractivity contribution is 7.92. The molecular formula is C15H13ClN2O6S. The van der Waals surface area contributed by atoms with Crippen molar-refractivity contribution in [2.24, 2.45) is 5.73 Å². The molecule has 0 bridgehead atoms. The van der Waals surface area contributed by atoms with Gasteiger partial charge in [-0.2, -0.15) is 0 Å². The van der Waals surface area contributed by atoms with Crippen LogP contribution in [0.4, 0.5) is 5.69 Å². The number of nitrogens with two attached hydrogens (primary N) is 1. The minimum atomic E-state index is -4.17. The molecule has 2 aromatic rings. The summed E-state index contributed by atoms with van der Waals surface area (Å²) in [5.74, 6) is -1.96. The van der Waals surface area contributed by atoms with Crippen molar-refractivity contribution in [2.45, 2.75) is 4.90 Å². The van der Waals surface area contributed by atoms with Gasteiger partial charge in [-0.3, -0.25) is 9.52 Å². The SMILES string of the molecule is COc1ccc(C(N)=O)cc1NS(=O)(=O)c1ccc(Cl)c(C(=O)O)c1. The molecule has 0 saturated heterocycles. The topological polar surface area (TPSA) is 136 Å². The van der Waals surface area contributed by atoms with Gasteiger partial charge in [0.05, 0.1) is 28.3 Å². The molecule has 25 heavy (non-hydrogen) atoms. The number of carboxylic acids is 1. The number of primary amides is 1. The summed E-state index contributed by atoms with van der Waals surface area (Å²) in [6.07, 6.45) is 0. The van der Waals surface area contributed by atoms with Crippen LogP contribution in [0, 0.1) is 0 Å². The molecule has 0 saturated carbocycles. The lowest BCUT2D eigenvalue weighted by Crippen LogP contribution is -2.16. The zero-order chi connectivity index (χ0) is 18.8. The first kappa shape index (κ1) is 18.6. The molecule has 0 spiro atoms. The van der Waals surface area contributed by atoms with E-state index in [4.69, 9.17) is 27.2 Å². The Morgan fingerprint density at radius 2 is 1.88 bits per heavy atom. The van der Waals surface area contributed by atoms with Crippen LogP contribution in [0.5, 0.6) is 5.75 Å². The number of aromatic carboxylic acids is 1. The molecule has 10 heteroatoms. The maximum Gasteiger partial charge on any atom is 0.337 e. The minimum Gasteiger partial charge on any atom is -0.495 e. The summed E-state index contributed by atoms with van der Waals surface area (Å²) in [5, 5.41) is 8.96. The first-order valence-corrected chi connectivity index (χ1v) is 8.55. The number of nitrogens with one attached hydrogen (secondary N) is 1. The number of sulfonamides is 1. The second kappa shape index (κ2) is 6.99. The molecule has 0 atom stereocenters. The molecule has 4 N–H and O–H groups in total. The lowest BCUT2D eigenvalue weighted by Gasteiger charge is -2.13. The van der Waals surface area contributed by atoms with Crippen molar-refractivity contribution in [3.8, 4) is 5.75 Å². The highest BCUT2D eigenvalue weighted by Crippen LogP contribution is 2.29. The Morgan fingerprint density at radius 1 is 1.20 bits per heavy atom. The van der Waals surface area contributed by atoms with Crippen LogP contribution < -0.4 is 15.2 Å². The fraction of sp³-hybridized carbons (Fsp3) is 0.0667. The molecule has 2 rings (SSSR count). The molecule has 0 aromatic heterocycles. The Balaban J connectivity index is 2.49. The highest BCUT2D eigenvalue weighted by Gasteiger charge is 2.20. The van der Waals surface area contributed by atoms with Crippen molar-refractivity contribution in [3.05, 3.63) is 52.5 Å². The summed E-state index contributed by atoms with van der Waals surface area (Å²) in [7, 11) is -2.84. The number of methoxy groups -OCH3 is 1. The number of amides is 1. The van der Waals surface area contributed by atoms with E-state index in [0.717, 1.165) is 18.2 Å². The third kappa shape index (κ3) is 4.01. The van der Waals surface area contributed by atoms with E-state index >= 15 is 0 Å². The molecule has 0 aliphatic heterocycles.